The quantitative estimate of drug-likeness (QED) is 0.483. The molecule has 0 spiro atoms. The Hall–Kier alpha value is -2.48. The van der Waals surface area contributed by atoms with E-state index in [1.54, 1.807) is 13.8 Å². The summed E-state index contributed by atoms with van der Waals surface area (Å²) in [4.78, 5) is 38.7. The van der Waals surface area contributed by atoms with Crippen LogP contribution in [0.15, 0.2) is 27.4 Å². The number of nitrogens with one attached hydrogen (secondary N) is 1. The van der Waals surface area contributed by atoms with Crippen molar-refractivity contribution in [3.05, 3.63) is 44.2 Å². The fourth-order valence-corrected chi connectivity index (χ4v) is 3.07. The number of allylic oxidation sites excluding steroid dienone is 1. The monoisotopic (exact) mass is 451 g/mol. The summed E-state index contributed by atoms with van der Waals surface area (Å²) in [5.74, 6) is -2.15. The maximum absolute atomic E-state index is 13.0. The molecule has 0 aromatic carbocycles. The van der Waals surface area contributed by atoms with Gasteiger partial charge in [0.1, 0.15) is 18.3 Å². The van der Waals surface area contributed by atoms with E-state index in [2.05, 4.69) is 0 Å². The van der Waals surface area contributed by atoms with E-state index in [1.165, 1.54) is 13.2 Å². The molecule has 10 nitrogen and oxygen atoms in total. The predicted octanol–water partition coefficient (Wildman–Crippen LogP) is -0.341. The van der Waals surface area contributed by atoms with Crippen LogP contribution < -0.4 is 11.2 Å². The Balaban J connectivity index is 2.45. The zero-order valence-corrected chi connectivity index (χ0v) is 17.0. The van der Waals surface area contributed by atoms with Crippen LogP contribution in [0.25, 0.3) is 0 Å². The van der Waals surface area contributed by atoms with Gasteiger partial charge in [-0.1, -0.05) is 11.6 Å². The van der Waals surface area contributed by atoms with E-state index >= 15 is 0 Å². The number of carbonyl (C=O) groups excluding carboxylic acids is 1. The van der Waals surface area contributed by atoms with Crippen molar-refractivity contribution in [1.82, 2.24) is 14.5 Å². The van der Waals surface area contributed by atoms with Crippen LogP contribution >= 0.6 is 0 Å². The molecular formula is C18H24F3N3O7. The van der Waals surface area contributed by atoms with Crippen LogP contribution in [-0.2, 0) is 20.8 Å². The summed E-state index contributed by atoms with van der Waals surface area (Å²) >= 11 is 0. The van der Waals surface area contributed by atoms with E-state index in [4.69, 9.17) is 9.47 Å². The summed E-state index contributed by atoms with van der Waals surface area (Å²) in [5.41, 5.74) is -1.61. The minimum atomic E-state index is -5.16. The van der Waals surface area contributed by atoms with Crippen molar-refractivity contribution in [3.63, 3.8) is 0 Å². The summed E-state index contributed by atoms with van der Waals surface area (Å²) in [5, 5.41) is 19.4. The molecule has 0 aliphatic carbocycles. The van der Waals surface area contributed by atoms with Gasteiger partial charge in [0.05, 0.1) is 18.7 Å². The molecular weight excluding hydrogens is 427 g/mol. The zero-order chi connectivity index (χ0) is 23.5. The highest BCUT2D eigenvalue weighted by atomic mass is 19.4. The fourth-order valence-electron chi connectivity index (χ4n) is 3.07. The molecule has 4 atom stereocenters. The lowest BCUT2D eigenvalue weighted by atomic mass is 10.1. The molecule has 2 rings (SSSR count). The number of nitrogens with zero attached hydrogens (tertiary/aromatic N) is 2. The molecule has 0 radical (unpaired) electrons. The SMILES string of the molecule is COC1[C@@H](O)[C@@H](CO)O[C@H]1n1cc(CN(CC=C(C)C)C(=O)C(F)(F)F)c(=O)[nH]c1=O. The topological polar surface area (TPSA) is 134 Å². The van der Waals surface area contributed by atoms with Gasteiger partial charge in [-0.3, -0.25) is 19.1 Å². The number of hydrogen-bond acceptors (Lipinski definition) is 7. The van der Waals surface area contributed by atoms with E-state index in [0.717, 1.165) is 10.8 Å². The normalized spacial score (nSPS) is 23.6. The number of aromatic amines is 1. The van der Waals surface area contributed by atoms with Crippen molar-refractivity contribution >= 4 is 5.91 Å². The van der Waals surface area contributed by atoms with Gasteiger partial charge >= 0.3 is 17.8 Å². The predicted molar refractivity (Wildman–Crippen MR) is 100 cm³/mol. The van der Waals surface area contributed by atoms with Crippen molar-refractivity contribution < 1.29 is 37.7 Å². The Morgan fingerprint density at radius 2 is 2.03 bits per heavy atom. The first-order valence-electron chi connectivity index (χ1n) is 9.21. The van der Waals surface area contributed by atoms with Gasteiger partial charge in [0, 0.05) is 19.9 Å². The number of aliphatic hydroxyl groups excluding tert-OH is 2. The molecule has 1 aromatic heterocycles. The minimum absolute atomic E-state index is 0.320. The summed E-state index contributed by atoms with van der Waals surface area (Å²) in [6.45, 7) is 1.53. The van der Waals surface area contributed by atoms with Crippen LogP contribution in [0.2, 0.25) is 0 Å². The summed E-state index contributed by atoms with van der Waals surface area (Å²) in [6.07, 6.45) is -7.59. The second-order valence-electron chi connectivity index (χ2n) is 7.22. The molecule has 0 saturated carbocycles. The smallest absolute Gasteiger partial charge is 0.394 e. The number of aromatic nitrogens is 2. The molecule has 1 saturated heterocycles. The Morgan fingerprint density at radius 1 is 1.39 bits per heavy atom. The van der Waals surface area contributed by atoms with Crippen LogP contribution in [0, 0.1) is 0 Å². The number of halogens is 3. The standard InChI is InChI=1S/C18H24F3N3O7/c1-9(2)4-5-23(16(28)18(19,20)21)6-10-7-24(17(29)22-14(10)27)15-13(30-3)12(26)11(8-25)31-15/h4,7,11-13,15,25-26H,5-6,8H2,1-3H3,(H,22,27,29)/t11-,12+,13?,15-/m1/s1. The van der Waals surface area contributed by atoms with Crippen LogP contribution in [0.1, 0.15) is 25.6 Å². The molecule has 1 fully saturated rings. The first kappa shape index (κ1) is 24.8. The van der Waals surface area contributed by atoms with Crippen molar-refractivity contribution in [3.8, 4) is 0 Å². The number of amides is 1. The van der Waals surface area contributed by atoms with Crippen LogP contribution in [0.4, 0.5) is 13.2 Å². The van der Waals surface area contributed by atoms with E-state index in [0.29, 0.717) is 10.5 Å². The average molecular weight is 451 g/mol. The first-order chi connectivity index (χ1) is 14.4. The molecule has 2 heterocycles. The maximum Gasteiger partial charge on any atom is 0.471 e. The third-order valence-electron chi connectivity index (χ3n) is 4.69. The van der Waals surface area contributed by atoms with Crippen molar-refractivity contribution in [2.45, 2.75) is 51.1 Å². The molecule has 3 N–H and O–H groups in total. The Bertz CT molecular complexity index is 937. The lowest BCUT2D eigenvalue weighted by molar-refractivity contribution is -0.185. The molecule has 1 aliphatic heterocycles. The number of hydrogen-bond donors (Lipinski definition) is 3. The fraction of sp³-hybridized carbons (Fsp3) is 0.611. The minimum Gasteiger partial charge on any atom is -0.394 e. The maximum atomic E-state index is 13.0. The number of ether oxygens (including phenoxy) is 2. The molecule has 174 valence electrons. The first-order valence-corrected chi connectivity index (χ1v) is 9.21. The molecule has 1 amide bonds. The number of H-pyrrole nitrogens is 1. The van der Waals surface area contributed by atoms with Crippen molar-refractivity contribution in [2.75, 3.05) is 20.3 Å². The van der Waals surface area contributed by atoms with Crippen molar-refractivity contribution in [1.29, 1.82) is 0 Å². The van der Waals surface area contributed by atoms with E-state index in [-0.39, 0.29) is 5.56 Å². The van der Waals surface area contributed by atoms with Gasteiger partial charge in [0.25, 0.3) is 5.56 Å². The number of methoxy groups -OCH3 is 1. The second-order valence-corrected chi connectivity index (χ2v) is 7.22. The number of rotatable bonds is 7. The van der Waals surface area contributed by atoms with Crippen LogP contribution in [0.3, 0.4) is 0 Å². The van der Waals surface area contributed by atoms with Gasteiger partial charge in [0.2, 0.25) is 0 Å². The molecule has 1 aromatic rings. The lowest BCUT2D eigenvalue weighted by Crippen LogP contribution is -2.44. The van der Waals surface area contributed by atoms with Crippen LogP contribution in [-0.4, -0.2) is 75.3 Å². The summed E-state index contributed by atoms with van der Waals surface area (Å²) in [7, 11) is 1.23. The Morgan fingerprint density at radius 3 is 2.55 bits per heavy atom. The Kier molecular flexibility index (Phi) is 7.81. The summed E-state index contributed by atoms with van der Waals surface area (Å²) < 4.78 is 50.4. The number of carbonyl (C=O) groups is 1. The van der Waals surface area contributed by atoms with E-state index < -0.39 is 67.6 Å². The third kappa shape index (κ3) is 5.61. The highest BCUT2D eigenvalue weighted by Crippen LogP contribution is 2.30. The Labute approximate surface area is 174 Å². The molecule has 1 aliphatic rings. The average Bonchev–Trinajstić information content (AvgIpc) is 3.00. The lowest BCUT2D eigenvalue weighted by Gasteiger charge is -2.24. The van der Waals surface area contributed by atoms with Gasteiger partial charge < -0.3 is 24.6 Å². The van der Waals surface area contributed by atoms with Gasteiger partial charge in [-0.25, -0.2) is 4.79 Å². The van der Waals surface area contributed by atoms with Gasteiger partial charge in [-0.15, -0.1) is 0 Å². The second kappa shape index (κ2) is 9.77. The van der Waals surface area contributed by atoms with Gasteiger partial charge in [-0.2, -0.15) is 13.2 Å². The van der Waals surface area contributed by atoms with Crippen LogP contribution in [0.5, 0.6) is 0 Å². The number of aliphatic hydroxyl groups is 2. The molecule has 0 bridgehead atoms. The van der Waals surface area contributed by atoms with Crippen molar-refractivity contribution in [2.24, 2.45) is 0 Å². The van der Waals surface area contributed by atoms with Gasteiger partial charge in [0.15, 0.2) is 6.23 Å². The van der Waals surface area contributed by atoms with Gasteiger partial charge in [-0.05, 0) is 13.8 Å². The van der Waals surface area contributed by atoms with E-state index in [1.807, 2.05) is 4.98 Å². The third-order valence-corrected chi connectivity index (χ3v) is 4.69. The molecule has 13 heteroatoms. The zero-order valence-electron chi connectivity index (χ0n) is 17.0. The highest BCUT2D eigenvalue weighted by Gasteiger charge is 2.45. The molecule has 31 heavy (non-hydrogen) atoms. The number of alkyl halides is 3. The highest BCUT2D eigenvalue weighted by molar-refractivity contribution is 5.82. The summed E-state index contributed by atoms with van der Waals surface area (Å²) in [6, 6.07) is 0. The molecule has 1 unspecified atom stereocenters. The van der Waals surface area contributed by atoms with E-state index in [9.17, 15) is 37.8 Å². The largest absolute Gasteiger partial charge is 0.471 e.